The number of halogens is 1. The molecule has 0 bridgehead atoms. The Morgan fingerprint density at radius 3 is 2.63 bits per heavy atom. The van der Waals surface area contributed by atoms with Gasteiger partial charge in [0.15, 0.2) is 0 Å². The van der Waals surface area contributed by atoms with Crippen LogP contribution >= 0.6 is 0 Å². The van der Waals surface area contributed by atoms with Crippen LogP contribution in [0.5, 0.6) is 0 Å². The summed E-state index contributed by atoms with van der Waals surface area (Å²) in [4.78, 5) is 11.2. The fourth-order valence-corrected chi connectivity index (χ4v) is 3.84. The van der Waals surface area contributed by atoms with Crippen molar-refractivity contribution in [2.45, 2.75) is 44.6 Å². The number of hydrogen-bond donors (Lipinski definition) is 3. The molecule has 0 amide bonds. The second-order valence-corrected chi connectivity index (χ2v) is 5.39. The van der Waals surface area contributed by atoms with Crippen LogP contribution in [0.15, 0.2) is 0 Å². The summed E-state index contributed by atoms with van der Waals surface area (Å²) in [5, 5.41) is 24.8. The standard InChI is InChI=1S/C12H19BFO3.CH4O/c14-10-4-3-7-6-9(12(15)16)8(11(7)10)2-1-5-13-17;1-2/h7-11,17H,1-6H2,(H,15,16);2H,1H3. The average molecular weight is 273 g/mol. The summed E-state index contributed by atoms with van der Waals surface area (Å²) in [6.45, 7) is 0. The Bertz CT molecular complexity index is 290. The molecule has 2 rings (SSSR count). The Morgan fingerprint density at radius 1 is 1.37 bits per heavy atom. The van der Waals surface area contributed by atoms with Gasteiger partial charge in [-0.2, -0.15) is 0 Å². The third-order valence-electron chi connectivity index (χ3n) is 4.53. The number of aliphatic hydroxyl groups excluding tert-OH is 1. The molecule has 2 fully saturated rings. The zero-order valence-corrected chi connectivity index (χ0v) is 11.3. The van der Waals surface area contributed by atoms with Gasteiger partial charge in [-0.15, -0.1) is 0 Å². The maximum atomic E-state index is 13.8. The van der Waals surface area contributed by atoms with Crippen LogP contribution in [-0.4, -0.2) is 42.0 Å². The zero-order valence-electron chi connectivity index (χ0n) is 11.3. The van der Waals surface area contributed by atoms with E-state index in [2.05, 4.69) is 0 Å². The predicted octanol–water partition coefficient (Wildman–Crippen LogP) is 1.49. The molecule has 0 aromatic rings. The molecular formula is C13H23BFO4. The zero-order chi connectivity index (χ0) is 14.4. The molecule has 2 saturated carbocycles. The molecule has 6 heteroatoms. The Hall–Kier alpha value is -0.615. The van der Waals surface area contributed by atoms with E-state index in [-0.39, 0.29) is 23.7 Å². The summed E-state index contributed by atoms with van der Waals surface area (Å²) >= 11 is 0. The van der Waals surface area contributed by atoms with Crippen LogP contribution in [0, 0.1) is 23.7 Å². The Kier molecular flexibility index (Phi) is 6.79. The largest absolute Gasteiger partial charge is 0.481 e. The first-order valence-electron chi connectivity index (χ1n) is 6.92. The van der Waals surface area contributed by atoms with E-state index in [1.54, 1.807) is 0 Å². The molecule has 4 nitrogen and oxygen atoms in total. The van der Waals surface area contributed by atoms with Crippen molar-refractivity contribution in [3.8, 4) is 0 Å². The van der Waals surface area contributed by atoms with Crippen LogP contribution < -0.4 is 0 Å². The second-order valence-electron chi connectivity index (χ2n) is 5.39. The quantitative estimate of drug-likeness (QED) is 0.524. The summed E-state index contributed by atoms with van der Waals surface area (Å²) < 4.78 is 13.8. The van der Waals surface area contributed by atoms with Crippen molar-refractivity contribution in [3.63, 3.8) is 0 Å². The summed E-state index contributed by atoms with van der Waals surface area (Å²) in [5.74, 6) is -0.953. The molecule has 0 spiro atoms. The van der Waals surface area contributed by atoms with E-state index in [1.807, 2.05) is 0 Å². The summed E-state index contributed by atoms with van der Waals surface area (Å²) in [5.41, 5.74) is 0. The number of carboxylic acids is 1. The lowest BCUT2D eigenvalue weighted by Gasteiger charge is -2.23. The minimum Gasteiger partial charge on any atom is -0.481 e. The van der Waals surface area contributed by atoms with Gasteiger partial charge in [-0.1, -0.05) is 12.7 Å². The molecule has 3 N–H and O–H groups in total. The van der Waals surface area contributed by atoms with E-state index in [1.165, 1.54) is 0 Å². The van der Waals surface area contributed by atoms with Crippen LogP contribution in [0.25, 0.3) is 0 Å². The third kappa shape index (κ3) is 3.69. The van der Waals surface area contributed by atoms with Gasteiger partial charge < -0.3 is 15.2 Å². The third-order valence-corrected chi connectivity index (χ3v) is 4.53. The first-order valence-corrected chi connectivity index (χ1v) is 6.92. The molecule has 0 heterocycles. The first kappa shape index (κ1) is 16.4. The molecule has 2 aliphatic rings. The number of aliphatic carboxylic acids is 1. The molecule has 0 aliphatic heterocycles. The minimum atomic E-state index is -0.813. The highest BCUT2D eigenvalue weighted by Crippen LogP contribution is 2.53. The number of alkyl halides is 1. The van der Waals surface area contributed by atoms with Crippen molar-refractivity contribution >= 4 is 13.5 Å². The van der Waals surface area contributed by atoms with Gasteiger partial charge in [0.25, 0.3) is 7.48 Å². The van der Waals surface area contributed by atoms with Gasteiger partial charge in [0, 0.05) is 7.11 Å². The average Bonchev–Trinajstić information content (AvgIpc) is 2.94. The van der Waals surface area contributed by atoms with Crippen LogP contribution in [0.3, 0.4) is 0 Å². The molecule has 0 aromatic heterocycles. The van der Waals surface area contributed by atoms with E-state index in [4.69, 9.17) is 10.1 Å². The van der Waals surface area contributed by atoms with Gasteiger partial charge in [0.05, 0.1) is 5.92 Å². The predicted molar refractivity (Wildman–Crippen MR) is 70.5 cm³/mol. The Morgan fingerprint density at radius 2 is 2.05 bits per heavy atom. The molecule has 0 saturated heterocycles. The van der Waals surface area contributed by atoms with Crippen LogP contribution in [0.2, 0.25) is 6.32 Å². The van der Waals surface area contributed by atoms with Crippen molar-refractivity contribution in [3.05, 3.63) is 0 Å². The van der Waals surface area contributed by atoms with Gasteiger partial charge in [-0.05, 0) is 43.4 Å². The highest BCUT2D eigenvalue weighted by Gasteiger charge is 2.52. The van der Waals surface area contributed by atoms with E-state index < -0.39 is 12.1 Å². The number of fused-ring (bicyclic) bond motifs is 1. The lowest BCUT2D eigenvalue weighted by Crippen LogP contribution is -2.26. The van der Waals surface area contributed by atoms with Crippen LogP contribution in [-0.2, 0) is 4.79 Å². The topological polar surface area (TPSA) is 77.8 Å². The number of rotatable bonds is 5. The maximum Gasteiger partial charge on any atom is 0.306 e. The van der Waals surface area contributed by atoms with Gasteiger partial charge in [-0.3, -0.25) is 4.79 Å². The summed E-state index contributed by atoms with van der Waals surface area (Å²) in [6.07, 6.45) is 3.32. The minimum absolute atomic E-state index is 0.0325. The number of hydrogen-bond acceptors (Lipinski definition) is 3. The van der Waals surface area contributed by atoms with E-state index in [0.29, 0.717) is 19.2 Å². The van der Waals surface area contributed by atoms with Crippen molar-refractivity contribution in [1.29, 1.82) is 0 Å². The van der Waals surface area contributed by atoms with Gasteiger partial charge in [0.2, 0.25) is 0 Å². The summed E-state index contributed by atoms with van der Waals surface area (Å²) in [6, 6.07) is 0. The van der Waals surface area contributed by atoms with Gasteiger partial charge >= 0.3 is 5.97 Å². The van der Waals surface area contributed by atoms with Gasteiger partial charge in [-0.25, -0.2) is 4.39 Å². The van der Waals surface area contributed by atoms with E-state index in [9.17, 15) is 14.3 Å². The number of carboxylic acid groups (broad SMARTS) is 1. The molecule has 1 radical (unpaired) electrons. The second kappa shape index (κ2) is 7.85. The Balaban J connectivity index is 0.000000861. The van der Waals surface area contributed by atoms with Crippen molar-refractivity contribution < 1.29 is 24.4 Å². The first-order chi connectivity index (χ1) is 9.15. The monoisotopic (exact) mass is 273 g/mol. The van der Waals surface area contributed by atoms with Crippen molar-refractivity contribution in [2.24, 2.45) is 23.7 Å². The molecule has 109 valence electrons. The lowest BCUT2D eigenvalue weighted by molar-refractivity contribution is -0.143. The Labute approximate surface area is 114 Å². The summed E-state index contributed by atoms with van der Waals surface area (Å²) in [7, 11) is 2.10. The molecule has 0 aromatic carbocycles. The molecule has 5 atom stereocenters. The molecule has 19 heavy (non-hydrogen) atoms. The normalized spacial score (nSPS) is 36.3. The molecular weight excluding hydrogens is 250 g/mol. The highest BCUT2D eigenvalue weighted by molar-refractivity contribution is 6.25. The smallest absolute Gasteiger partial charge is 0.306 e. The number of carbonyl (C=O) groups is 1. The maximum absolute atomic E-state index is 13.8. The molecule has 5 unspecified atom stereocenters. The lowest BCUT2D eigenvalue weighted by atomic mass is 9.80. The van der Waals surface area contributed by atoms with Gasteiger partial charge in [0.1, 0.15) is 6.17 Å². The fraction of sp³-hybridized carbons (Fsp3) is 0.923. The molecule has 2 aliphatic carbocycles. The fourth-order valence-electron chi connectivity index (χ4n) is 3.84. The van der Waals surface area contributed by atoms with Crippen molar-refractivity contribution in [2.75, 3.05) is 7.11 Å². The number of aliphatic hydroxyl groups is 1. The highest BCUT2D eigenvalue weighted by atomic mass is 19.1. The van der Waals surface area contributed by atoms with Crippen molar-refractivity contribution in [1.82, 2.24) is 0 Å². The van der Waals surface area contributed by atoms with Crippen LogP contribution in [0.1, 0.15) is 32.1 Å². The van der Waals surface area contributed by atoms with Crippen LogP contribution in [0.4, 0.5) is 4.39 Å². The van der Waals surface area contributed by atoms with E-state index in [0.717, 1.165) is 33.9 Å². The SMILES string of the molecule is CO.O=C(O)C1CC2CCC(F)C2C1CCC[B]O. The van der Waals surface area contributed by atoms with E-state index >= 15 is 0 Å².